The predicted molar refractivity (Wildman–Crippen MR) is 120 cm³/mol. The summed E-state index contributed by atoms with van der Waals surface area (Å²) in [5, 5.41) is 0.541. The summed E-state index contributed by atoms with van der Waals surface area (Å²) in [6.07, 6.45) is -0.824. The Morgan fingerprint density at radius 3 is 2.58 bits per heavy atom. The van der Waals surface area contributed by atoms with Gasteiger partial charge in [-0.25, -0.2) is 18.2 Å². The van der Waals surface area contributed by atoms with E-state index in [4.69, 9.17) is 4.74 Å². The number of nitrogens with one attached hydrogen (secondary N) is 1. The molecule has 3 aromatic rings. The quantitative estimate of drug-likeness (QED) is 0.537. The Bertz CT molecular complexity index is 1290. The summed E-state index contributed by atoms with van der Waals surface area (Å²) in [6, 6.07) is 5.74. The van der Waals surface area contributed by atoms with E-state index in [0.29, 0.717) is 23.3 Å². The summed E-state index contributed by atoms with van der Waals surface area (Å²) >= 11 is 1.41. The zero-order valence-corrected chi connectivity index (χ0v) is 19.7. The molecule has 0 saturated heterocycles. The fourth-order valence-electron chi connectivity index (χ4n) is 3.24. The van der Waals surface area contributed by atoms with E-state index in [9.17, 15) is 18.0 Å². The fraction of sp³-hybridized carbons (Fsp3) is 0.381. The monoisotopic (exact) mass is 463 g/mol. The summed E-state index contributed by atoms with van der Waals surface area (Å²) in [5.74, 6) is -0.468. The molecule has 0 bridgehead atoms. The molecular weight excluding hydrogens is 438 g/mol. The van der Waals surface area contributed by atoms with Crippen LogP contribution in [0.15, 0.2) is 34.0 Å². The molecule has 2 aromatic heterocycles. The number of rotatable bonds is 7. The highest BCUT2D eigenvalue weighted by molar-refractivity contribution is 7.89. The molecule has 3 rings (SSSR count). The summed E-state index contributed by atoms with van der Waals surface area (Å²) in [7, 11) is -3.70. The molecule has 1 aromatic carbocycles. The van der Waals surface area contributed by atoms with E-state index < -0.39 is 22.1 Å². The molecule has 0 amide bonds. The lowest BCUT2D eigenvalue weighted by molar-refractivity contribution is 0.0319. The number of hydrogen-bond donors (Lipinski definition) is 1. The number of aromatic amines is 1. The summed E-state index contributed by atoms with van der Waals surface area (Å²) in [5.41, 5.74) is 0.708. The largest absolute Gasteiger partial charge is 0.451 e. The van der Waals surface area contributed by atoms with Gasteiger partial charge in [0.05, 0.1) is 15.8 Å². The van der Waals surface area contributed by atoms with Crippen molar-refractivity contribution < 1.29 is 17.9 Å². The second-order valence-corrected chi connectivity index (χ2v) is 10.2. The molecule has 1 atom stereocenters. The molecule has 0 radical (unpaired) electrons. The SMILES string of the molecule is CCN(CC)S(=O)(=O)c1cccc(C(=O)OC(C)c2nc3sc(C)c(C)c3c(=O)[nH]2)c1. The molecule has 1 N–H and O–H groups in total. The van der Waals surface area contributed by atoms with Crippen molar-refractivity contribution in [3.8, 4) is 0 Å². The van der Waals surface area contributed by atoms with E-state index >= 15 is 0 Å². The maximum absolute atomic E-state index is 12.7. The number of fused-ring (bicyclic) bond motifs is 1. The van der Waals surface area contributed by atoms with E-state index in [1.54, 1.807) is 20.8 Å². The van der Waals surface area contributed by atoms with Crippen LogP contribution in [-0.2, 0) is 14.8 Å². The lowest BCUT2D eigenvalue weighted by Crippen LogP contribution is -2.30. The molecule has 0 aliphatic heterocycles. The van der Waals surface area contributed by atoms with Gasteiger partial charge in [0.1, 0.15) is 4.83 Å². The molecular formula is C21H25N3O5S2. The minimum atomic E-state index is -3.70. The highest BCUT2D eigenvalue weighted by Gasteiger charge is 2.24. The molecule has 0 spiro atoms. The third kappa shape index (κ3) is 4.41. The lowest BCUT2D eigenvalue weighted by atomic mass is 10.2. The predicted octanol–water partition coefficient (Wildman–Crippen LogP) is 3.55. The number of aromatic nitrogens is 2. The van der Waals surface area contributed by atoms with Gasteiger partial charge in [-0.2, -0.15) is 4.31 Å². The topological polar surface area (TPSA) is 109 Å². The van der Waals surface area contributed by atoms with Gasteiger partial charge in [0.15, 0.2) is 11.9 Å². The standard InChI is InChI=1S/C21H25N3O5S2/c1-6-24(7-2)31(27,28)16-10-8-9-15(11-16)21(26)29-13(4)18-22-19(25)17-12(3)14(5)30-20(17)23-18/h8-11,13H,6-7H2,1-5H3,(H,22,23,25). The number of nitrogens with zero attached hydrogens (tertiary/aromatic N) is 2. The summed E-state index contributed by atoms with van der Waals surface area (Å²) in [4.78, 5) is 33.9. The number of carbonyl (C=O) groups is 1. The molecule has 2 heterocycles. The maximum atomic E-state index is 12.7. The van der Waals surface area contributed by atoms with Crippen molar-refractivity contribution in [2.75, 3.05) is 13.1 Å². The van der Waals surface area contributed by atoms with Crippen LogP contribution in [0.1, 0.15) is 53.5 Å². The molecule has 31 heavy (non-hydrogen) atoms. The normalized spacial score (nSPS) is 13.0. The van der Waals surface area contributed by atoms with E-state index in [2.05, 4.69) is 9.97 Å². The molecule has 10 heteroatoms. The van der Waals surface area contributed by atoms with Crippen LogP contribution in [0.3, 0.4) is 0 Å². The first-order valence-electron chi connectivity index (χ1n) is 9.91. The minimum absolute atomic E-state index is 0.0239. The van der Waals surface area contributed by atoms with Crippen LogP contribution in [0.25, 0.3) is 10.2 Å². The Morgan fingerprint density at radius 2 is 1.94 bits per heavy atom. The Labute approximate surface area is 184 Å². The van der Waals surface area contributed by atoms with E-state index in [-0.39, 0.29) is 21.8 Å². The van der Waals surface area contributed by atoms with Gasteiger partial charge in [-0.3, -0.25) is 4.79 Å². The second kappa shape index (κ2) is 8.89. The Hall–Kier alpha value is -2.56. The smallest absolute Gasteiger partial charge is 0.338 e. The third-order valence-corrected chi connectivity index (χ3v) is 8.29. The van der Waals surface area contributed by atoms with E-state index in [0.717, 1.165) is 10.4 Å². The average molecular weight is 464 g/mol. The van der Waals surface area contributed by atoms with Gasteiger partial charge >= 0.3 is 5.97 Å². The number of carbonyl (C=O) groups excluding carboxylic acids is 1. The molecule has 0 aliphatic rings. The van der Waals surface area contributed by atoms with Crippen molar-refractivity contribution in [2.45, 2.75) is 45.6 Å². The van der Waals surface area contributed by atoms with E-state index in [1.807, 2.05) is 13.8 Å². The lowest BCUT2D eigenvalue weighted by Gasteiger charge is -2.19. The van der Waals surface area contributed by atoms with Crippen molar-refractivity contribution in [3.63, 3.8) is 0 Å². The number of H-pyrrole nitrogens is 1. The molecule has 0 aliphatic carbocycles. The van der Waals surface area contributed by atoms with Gasteiger partial charge in [0.25, 0.3) is 5.56 Å². The molecule has 8 nitrogen and oxygen atoms in total. The molecule has 0 saturated carbocycles. The van der Waals surface area contributed by atoms with Crippen molar-refractivity contribution in [2.24, 2.45) is 0 Å². The summed E-state index contributed by atoms with van der Waals surface area (Å²) in [6.45, 7) is 9.55. The van der Waals surface area contributed by atoms with Gasteiger partial charge < -0.3 is 9.72 Å². The van der Waals surface area contributed by atoms with Gasteiger partial charge in [0, 0.05) is 18.0 Å². The average Bonchev–Trinajstić information content (AvgIpc) is 3.02. The Kier molecular flexibility index (Phi) is 6.63. The first-order valence-corrected chi connectivity index (χ1v) is 12.2. The van der Waals surface area contributed by atoms with Crippen LogP contribution in [0, 0.1) is 13.8 Å². The zero-order chi connectivity index (χ0) is 22.9. The Morgan fingerprint density at radius 1 is 1.26 bits per heavy atom. The van der Waals surface area contributed by atoms with Gasteiger partial charge in [-0.05, 0) is 44.5 Å². The van der Waals surface area contributed by atoms with Crippen molar-refractivity contribution in [3.05, 3.63) is 56.4 Å². The number of aryl methyl sites for hydroxylation is 2. The van der Waals surface area contributed by atoms with Crippen LogP contribution in [-0.4, -0.2) is 41.7 Å². The summed E-state index contributed by atoms with van der Waals surface area (Å²) < 4.78 is 32.2. The van der Waals surface area contributed by atoms with Crippen LogP contribution in [0.2, 0.25) is 0 Å². The van der Waals surface area contributed by atoms with Gasteiger partial charge in [-0.15, -0.1) is 11.3 Å². The number of hydrogen-bond acceptors (Lipinski definition) is 7. The first kappa shape index (κ1) is 23.1. The van der Waals surface area contributed by atoms with Crippen LogP contribution < -0.4 is 5.56 Å². The molecule has 166 valence electrons. The minimum Gasteiger partial charge on any atom is -0.451 e. The first-order chi connectivity index (χ1) is 14.6. The second-order valence-electron chi connectivity index (χ2n) is 7.08. The van der Waals surface area contributed by atoms with Crippen molar-refractivity contribution in [1.82, 2.24) is 14.3 Å². The van der Waals surface area contributed by atoms with Crippen LogP contribution in [0.5, 0.6) is 0 Å². The number of thiophene rings is 1. The van der Waals surface area contributed by atoms with Crippen molar-refractivity contribution in [1.29, 1.82) is 0 Å². The van der Waals surface area contributed by atoms with Gasteiger partial charge in [0.2, 0.25) is 10.0 Å². The highest BCUT2D eigenvalue weighted by Crippen LogP contribution is 2.27. The number of ether oxygens (including phenoxy) is 1. The maximum Gasteiger partial charge on any atom is 0.338 e. The van der Waals surface area contributed by atoms with Gasteiger partial charge in [-0.1, -0.05) is 19.9 Å². The number of benzene rings is 1. The highest BCUT2D eigenvalue weighted by atomic mass is 32.2. The molecule has 1 unspecified atom stereocenters. The van der Waals surface area contributed by atoms with Crippen molar-refractivity contribution >= 4 is 37.5 Å². The fourth-order valence-corrected chi connectivity index (χ4v) is 5.79. The van der Waals surface area contributed by atoms with E-state index in [1.165, 1.54) is 39.9 Å². The van der Waals surface area contributed by atoms with Crippen LogP contribution in [0.4, 0.5) is 0 Å². The zero-order valence-electron chi connectivity index (χ0n) is 18.1. The molecule has 0 fully saturated rings. The van der Waals surface area contributed by atoms with Crippen LogP contribution >= 0.6 is 11.3 Å². The number of sulfonamides is 1. The number of esters is 1. The third-order valence-electron chi connectivity index (χ3n) is 5.14. The Balaban J connectivity index is 1.87.